The number of hydrogen-bond acceptors (Lipinski definition) is 7. The number of nitrogens with two attached hydrogens (primary N) is 1. The summed E-state index contributed by atoms with van der Waals surface area (Å²) in [6.07, 6.45) is -0.722. The van der Waals surface area contributed by atoms with Gasteiger partial charge in [-0.1, -0.05) is 0 Å². The molecule has 0 bridgehead atoms. The molecule has 2 heterocycles. The van der Waals surface area contributed by atoms with Gasteiger partial charge in [-0.2, -0.15) is 0 Å². The van der Waals surface area contributed by atoms with Crippen molar-refractivity contribution in [2.45, 2.75) is 30.3 Å². The number of nitrogen functional groups attached to an aromatic ring is 1. The van der Waals surface area contributed by atoms with E-state index in [1.165, 1.54) is 17.2 Å². The van der Waals surface area contributed by atoms with Gasteiger partial charge in [-0.3, -0.25) is 0 Å². The zero-order valence-corrected chi connectivity index (χ0v) is 10.4. The summed E-state index contributed by atoms with van der Waals surface area (Å²) in [6.45, 7) is -0.778. The molecule has 20 heavy (non-hydrogen) atoms. The third-order valence-electron chi connectivity index (χ3n) is 3.82. The predicted octanol–water partition coefficient (Wildman–Crippen LogP) is -1.22. The molecule has 1 aliphatic carbocycles. The third-order valence-corrected chi connectivity index (χ3v) is 3.82. The maximum Gasteiger partial charge on any atom is 0.165 e. The molecule has 5 N–H and O–H groups in total. The van der Waals surface area contributed by atoms with Crippen LogP contribution >= 0.6 is 0 Å². The molecule has 1 saturated carbocycles. The molecular weight excluding hydrogens is 269 g/mol. The molecule has 0 aromatic carbocycles. The molecule has 0 amide bonds. The van der Waals surface area contributed by atoms with Crippen LogP contribution in [0.2, 0.25) is 0 Å². The number of halogens is 1. The molecule has 0 spiro atoms. The number of aromatic nitrogens is 4. The van der Waals surface area contributed by atoms with Crippen molar-refractivity contribution < 1.29 is 19.7 Å². The highest BCUT2D eigenvalue weighted by Crippen LogP contribution is 2.42. The lowest BCUT2D eigenvalue weighted by Gasteiger charge is -2.31. The van der Waals surface area contributed by atoms with Gasteiger partial charge < -0.3 is 25.6 Å². The SMILES string of the molecule is Nc1ncnc2c1ncn2C1C(F)CC(O)C1(O)CO. The average molecular weight is 283 g/mol. The Morgan fingerprint density at radius 1 is 1.45 bits per heavy atom. The van der Waals surface area contributed by atoms with Crippen LogP contribution < -0.4 is 5.73 Å². The Balaban J connectivity index is 2.17. The minimum atomic E-state index is -1.99. The molecule has 2 aromatic heterocycles. The first-order valence-electron chi connectivity index (χ1n) is 6.07. The highest BCUT2D eigenvalue weighted by atomic mass is 19.1. The van der Waals surface area contributed by atoms with Crippen LogP contribution in [0, 0.1) is 0 Å². The van der Waals surface area contributed by atoms with Gasteiger partial charge in [0.05, 0.1) is 19.0 Å². The highest BCUT2D eigenvalue weighted by molar-refractivity contribution is 5.81. The van der Waals surface area contributed by atoms with Gasteiger partial charge in [-0.05, 0) is 0 Å². The van der Waals surface area contributed by atoms with E-state index in [0.717, 1.165) is 0 Å². The van der Waals surface area contributed by atoms with E-state index >= 15 is 0 Å². The van der Waals surface area contributed by atoms with Crippen LogP contribution in [0.3, 0.4) is 0 Å². The Bertz CT molecular complexity index is 650. The molecule has 108 valence electrons. The average Bonchev–Trinajstić information content (AvgIpc) is 2.92. The van der Waals surface area contributed by atoms with E-state index in [4.69, 9.17) is 5.73 Å². The fraction of sp³-hybridized carbons (Fsp3) is 0.545. The lowest BCUT2D eigenvalue weighted by molar-refractivity contribution is -0.109. The summed E-state index contributed by atoms with van der Waals surface area (Å²) >= 11 is 0. The number of rotatable bonds is 2. The van der Waals surface area contributed by atoms with Crippen molar-refractivity contribution in [2.24, 2.45) is 0 Å². The maximum absolute atomic E-state index is 14.2. The van der Waals surface area contributed by atoms with E-state index in [-0.39, 0.29) is 23.4 Å². The summed E-state index contributed by atoms with van der Waals surface area (Å²) in [4.78, 5) is 11.7. The first kappa shape index (κ1) is 13.2. The monoisotopic (exact) mass is 283 g/mol. The molecule has 4 atom stereocenters. The second-order valence-corrected chi connectivity index (χ2v) is 4.94. The zero-order valence-electron chi connectivity index (χ0n) is 10.4. The van der Waals surface area contributed by atoms with Gasteiger partial charge in [0, 0.05) is 6.42 Å². The lowest BCUT2D eigenvalue weighted by Crippen LogP contribution is -2.48. The number of nitrogens with zero attached hydrogens (tertiary/aromatic N) is 4. The molecule has 0 aliphatic heterocycles. The van der Waals surface area contributed by atoms with Crippen LogP contribution in [-0.2, 0) is 0 Å². The Hall–Kier alpha value is -1.84. The number of hydrogen-bond donors (Lipinski definition) is 4. The molecule has 0 saturated heterocycles. The van der Waals surface area contributed by atoms with Crippen molar-refractivity contribution in [2.75, 3.05) is 12.3 Å². The summed E-state index contributed by atoms with van der Waals surface area (Å²) in [6, 6.07) is -1.19. The molecule has 8 nitrogen and oxygen atoms in total. The molecule has 1 fully saturated rings. The van der Waals surface area contributed by atoms with E-state index in [1.807, 2.05) is 0 Å². The molecule has 1 aliphatic rings. The number of imidazole rings is 1. The second-order valence-electron chi connectivity index (χ2n) is 4.94. The number of alkyl halides is 1. The van der Waals surface area contributed by atoms with Crippen molar-refractivity contribution in [1.29, 1.82) is 0 Å². The molecule has 9 heteroatoms. The van der Waals surface area contributed by atoms with Crippen LogP contribution in [0.4, 0.5) is 10.2 Å². The fourth-order valence-corrected chi connectivity index (χ4v) is 2.74. The van der Waals surface area contributed by atoms with Crippen molar-refractivity contribution >= 4 is 17.0 Å². The minimum absolute atomic E-state index is 0.134. The standard InChI is InChI=1S/C11H14FN5O3/c12-5-1-6(19)11(20,2-18)8(5)17-4-16-7-9(13)14-3-15-10(7)17/h3-6,8,18-20H,1-2H2,(H2,13,14,15). The summed E-state index contributed by atoms with van der Waals surface area (Å²) in [5.41, 5.74) is 4.18. The van der Waals surface area contributed by atoms with Crippen LogP contribution in [0.15, 0.2) is 12.7 Å². The number of aliphatic hydroxyl groups is 3. The molecule has 4 unspecified atom stereocenters. The normalized spacial score (nSPS) is 33.9. The summed E-state index contributed by atoms with van der Waals surface area (Å²) < 4.78 is 15.4. The number of fused-ring (bicyclic) bond motifs is 1. The fourth-order valence-electron chi connectivity index (χ4n) is 2.74. The Morgan fingerprint density at radius 3 is 2.90 bits per heavy atom. The second kappa shape index (κ2) is 4.33. The van der Waals surface area contributed by atoms with Crippen molar-refractivity contribution in [1.82, 2.24) is 19.5 Å². The first-order chi connectivity index (χ1) is 9.49. The zero-order chi connectivity index (χ0) is 14.5. The summed E-state index contributed by atoms with van der Waals surface area (Å²) in [5.74, 6) is 0.134. The Kier molecular flexibility index (Phi) is 2.85. The number of aliphatic hydroxyl groups excluding tert-OH is 2. The van der Waals surface area contributed by atoms with Crippen molar-refractivity contribution in [3.63, 3.8) is 0 Å². The lowest BCUT2D eigenvalue weighted by atomic mass is 9.96. The van der Waals surface area contributed by atoms with Crippen molar-refractivity contribution in [3.05, 3.63) is 12.7 Å². The van der Waals surface area contributed by atoms with E-state index in [9.17, 15) is 19.7 Å². The Morgan fingerprint density at radius 2 is 2.20 bits per heavy atom. The van der Waals surface area contributed by atoms with Crippen LogP contribution in [0.1, 0.15) is 12.5 Å². The highest BCUT2D eigenvalue weighted by Gasteiger charge is 2.55. The van der Waals surface area contributed by atoms with Gasteiger partial charge in [0.1, 0.15) is 29.7 Å². The maximum atomic E-state index is 14.2. The third kappa shape index (κ3) is 1.60. The minimum Gasteiger partial charge on any atom is -0.393 e. The van der Waals surface area contributed by atoms with Gasteiger partial charge in [-0.25, -0.2) is 19.3 Å². The van der Waals surface area contributed by atoms with Gasteiger partial charge in [0.15, 0.2) is 11.5 Å². The van der Waals surface area contributed by atoms with E-state index in [0.29, 0.717) is 0 Å². The predicted molar refractivity (Wildman–Crippen MR) is 66.3 cm³/mol. The molecular formula is C11H14FN5O3. The molecule has 0 radical (unpaired) electrons. The topological polar surface area (TPSA) is 130 Å². The van der Waals surface area contributed by atoms with Gasteiger partial charge in [0.2, 0.25) is 0 Å². The van der Waals surface area contributed by atoms with E-state index < -0.39 is 30.5 Å². The van der Waals surface area contributed by atoms with Crippen LogP contribution in [0.25, 0.3) is 11.2 Å². The largest absolute Gasteiger partial charge is 0.393 e. The van der Waals surface area contributed by atoms with Crippen molar-refractivity contribution in [3.8, 4) is 0 Å². The number of anilines is 1. The Labute approximate surface area is 112 Å². The first-order valence-corrected chi connectivity index (χ1v) is 6.07. The van der Waals surface area contributed by atoms with E-state index in [1.54, 1.807) is 0 Å². The van der Waals surface area contributed by atoms with Gasteiger partial charge in [-0.15, -0.1) is 0 Å². The van der Waals surface area contributed by atoms with Crippen LogP contribution in [-0.4, -0.2) is 59.3 Å². The van der Waals surface area contributed by atoms with Gasteiger partial charge in [0.25, 0.3) is 0 Å². The van der Waals surface area contributed by atoms with Crippen LogP contribution in [0.5, 0.6) is 0 Å². The quantitative estimate of drug-likeness (QED) is 0.543. The van der Waals surface area contributed by atoms with Gasteiger partial charge >= 0.3 is 0 Å². The summed E-state index contributed by atoms with van der Waals surface area (Å²) in [5, 5.41) is 29.5. The smallest absolute Gasteiger partial charge is 0.165 e. The summed E-state index contributed by atoms with van der Waals surface area (Å²) in [7, 11) is 0. The van der Waals surface area contributed by atoms with E-state index in [2.05, 4.69) is 15.0 Å². The molecule has 2 aromatic rings. The molecule has 3 rings (SSSR count).